The van der Waals surface area contributed by atoms with Gasteiger partial charge in [0.1, 0.15) is 11.3 Å². The van der Waals surface area contributed by atoms with E-state index in [2.05, 4.69) is 10.6 Å². The van der Waals surface area contributed by atoms with Crippen LogP contribution in [0.25, 0.3) is 11.0 Å². The summed E-state index contributed by atoms with van der Waals surface area (Å²) in [4.78, 5) is 24.3. The van der Waals surface area contributed by atoms with Crippen molar-refractivity contribution in [2.75, 3.05) is 12.4 Å². The van der Waals surface area contributed by atoms with Crippen LogP contribution in [0, 0.1) is 6.92 Å². The summed E-state index contributed by atoms with van der Waals surface area (Å²) in [7, 11) is 1.60. The maximum Gasteiger partial charge on any atom is 0.287 e. The highest BCUT2D eigenvalue weighted by molar-refractivity contribution is 6.00. The molecule has 2 heterocycles. The summed E-state index contributed by atoms with van der Waals surface area (Å²) in [6.07, 6.45) is 0.369. The number of fused-ring (bicyclic) bond motifs is 2. The Morgan fingerprint density at radius 1 is 1.26 bits per heavy atom. The number of rotatable bonds is 4. The van der Waals surface area contributed by atoms with E-state index in [4.69, 9.17) is 9.15 Å². The van der Waals surface area contributed by atoms with Crippen LogP contribution < -0.4 is 15.4 Å². The molecule has 2 N–H and O–H groups in total. The van der Waals surface area contributed by atoms with Gasteiger partial charge in [-0.05, 0) is 49.2 Å². The van der Waals surface area contributed by atoms with Crippen LogP contribution in [0.5, 0.6) is 5.75 Å². The minimum Gasteiger partial charge on any atom is -0.497 e. The van der Waals surface area contributed by atoms with E-state index < -0.39 is 0 Å². The van der Waals surface area contributed by atoms with Gasteiger partial charge in [0, 0.05) is 16.6 Å². The highest BCUT2D eigenvalue weighted by Crippen LogP contribution is 2.30. The second-order valence-electron chi connectivity index (χ2n) is 6.75. The summed E-state index contributed by atoms with van der Waals surface area (Å²) in [5, 5.41) is 6.64. The molecule has 2 aromatic carbocycles. The lowest BCUT2D eigenvalue weighted by molar-refractivity contribution is -0.115. The van der Waals surface area contributed by atoms with E-state index in [9.17, 15) is 9.59 Å². The zero-order valence-electron chi connectivity index (χ0n) is 15.4. The van der Waals surface area contributed by atoms with Crippen LogP contribution in [-0.4, -0.2) is 18.9 Å². The molecule has 0 radical (unpaired) electrons. The van der Waals surface area contributed by atoms with E-state index in [0.29, 0.717) is 23.5 Å². The molecular formula is C21H20N2O4. The van der Waals surface area contributed by atoms with Gasteiger partial charge in [0.25, 0.3) is 5.91 Å². The third-order valence-corrected chi connectivity index (χ3v) is 4.95. The lowest BCUT2D eigenvalue weighted by Gasteiger charge is -2.14. The highest BCUT2D eigenvalue weighted by Gasteiger charge is 2.22. The van der Waals surface area contributed by atoms with Crippen molar-refractivity contribution in [2.45, 2.75) is 26.3 Å². The molecule has 4 rings (SSSR count). The Balaban J connectivity index is 1.57. The standard InChI is InChI=1S/C21H20N2O4/c1-11-16-10-15(26-3)5-7-18(16)27-20(11)21(25)22-12(2)13-4-6-17-14(8-13)9-19(24)23-17/h4-8,10,12H,9H2,1-3H3,(H,22,25)(H,23,24)/t12-/m1/s1. The van der Waals surface area contributed by atoms with Crippen LogP contribution in [0.2, 0.25) is 0 Å². The van der Waals surface area contributed by atoms with Gasteiger partial charge in [0.2, 0.25) is 5.91 Å². The highest BCUT2D eigenvalue weighted by atomic mass is 16.5. The zero-order valence-corrected chi connectivity index (χ0v) is 15.4. The topological polar surface area (TPSA) is 80.6 Å². The average Bonchev–Trinajstić information content (AvgIpc) is 3.19. The van der Waals surface area contributed by atoms with Gasteiger partial charge in [0.15, 0.2) is 5.76 Å². The molecule has 0 aliphatic carbocycles. The quantitative estimate of drug-likeness (QED) is 0.739. The van der Waals surface area contributed by atoms with Crippen molar-refractivity contribution in [3.8, 4) is 5.75 Å². The van der Waals surface area contributed by atoms with E-state index in [1.165, 1.54) is 0 Å². The molecule has 0 fully saturated rings. The number of nitrogens with one attached hydrogen (secondary N) is 2. The molecule has 0 bridgehead atoms. The number of aryl methyl sites for hydroxylation is 1. The zero-order chi connectivity index (χ0) is 19.1. The van der Waals surface area contributed by atoms with Crippen molar-refractivity contribution >= 4 is 28.5 Å². The van der Waals surface area contributed by atoms with E-state index in [1.807, 2.05) is 38.1 Å². The number of benzene rings is 2. The van der Waals surface area contributed by atoms with Crippen molar-refractivity contribution in [3.05, 3.63) is 58.8 Å². The first-order chi connectivity index (χ1) is 13.0. The SMILES string of the molecule is COc1ccc2oc(C(=O)N[C@H](C)c3ccc4c(c3)CC(=O)N4)c(C)c2c1. The van der Waals surface area contributed by atoms with E-state index in [1.54, 1.807) is 19.2 Å². The maximum atomic E-state index is 12.8. The third kappa shape index (κ3) is 3.03. The molecule has 1 aromatic heterocycles. The van der Waals surface area contributed by atoms with Crippen LogP contribution in [0.4, 0.5) is 5.69 Å². The molecular weight excluding hydrogens is 344 g/mol. The first-order valence-electron chi connectivity index (χ1n) is 8.77. The van der Waals surface area contributed by atoms with Gasteiger partial charge in [-0.3, -0.25) is 9.59 Å². The lowest BCUT2D eigenvalue weighted by Crippen LogP contribution is -2.26. The fourth-order valence-corrected chi connectivity index (χ4v) is 3.41. The first kappa shape index (κ1) is 17.1. The van der Waals surface area contributed by atoms with E-state index in [-0.39, 0.29) is 17.9 Å². The molecule has 0 saturated heterocycles. The molecule has 27 heavy (non-hydrogen) atoms. The number of carbonyl (C=O) groups is 2. The molecule has 3 aromatic rings. The summed E-state index contributed by atoms with van der Waals surface area (Å²) in [6, 6.07) is 11.0. The maximum absolute atomic E-state index is 12.8. The number of furan rings is 1. The summed E-state index contributed by atoms with van der Waals surface area (Å²) in [6.45, 7) is 3.77. The van der Waals surface area contributed by atoms with Crippen LogP contribution in [-0.2, 0) is 11.2 Å². The number of amides is 2. The number of anilines is 1. The second kappa shape index (κ2) is 6.46. The number of ether oxygens (including phenoxy) is 1. The van der Waals surface area contributed by atoms with Crippen LogP contribution in [0.15, 0.2) is 40.8 Å². The molecule has 0 saturated carbocycles. The molecule has 138 valence electrons. The number of hydrogen-bond donors (Lipinski definition) is 2. The molecule has 1 aliphatic rings. The number of methoxy groups -OCH3 is 1. The largest absolute Gasteiger partial charge is 0.497 e. The van der Waals surface area contributed by atoms with Crippen molar-refractivity contribution in [3.63, 3.8) is 0 Å². The lowest BCUT2D eigenvalue weighted by atomic mass is 10.0. The summed E-state index contributed by atoms with van der Waals surface area (Å²) in [5.74, 6) is 0.730. The summed E-state index contributed by atoms with van der Waals surface area (Å²) in [5.41, 5.74) is 4.15. The molecule has 6 nitrogen and oxygen atoms in total. The molecule has 0 spiro atoms. The molecule has 1 atom stereocenters. The van der Waals surface area contributed by atoms with Crippen molar-refractivity contribution in [1.29, 1.82) is 0 Å². The fourth-order valence-electron chi connectivity index (χ4n) is 3.41. The van der Waals surface area contributed by atoms with Gasteiger partial charge in [0.05, 0.1) is 19.6 Å². The molecule has 0 unspecified atom stereocenters. The van der Waals surface area contributed by atoms with Crippen LogP contribution in [0.1, 0.15) is 40.2 Å². The van der Waals surface area contributed by atoms with E-state index in [0.717, 1.165) is 27.8 Å². The number of carbonyl (C=O) groups excluding carboxylic acids is 2. The van der Waals surface area contributed by atoms with E-state index >= 15 is 0 Å². The molecule has 2 amide bonds. The predicted octanol–water partition coefficient (Wildman–Crippen LogP) is 3.74. The van der Waals surface area contributed by atoms with Gasteiger partial charge in [-0.2, -0.15) is 0 Å². The Labute approximate surface area is 156 Å². The van der Waals surface area contributed by atoms with Crippen LogP contribution in [0.3, 0.4) is 0 Å². The Hall–Kier alpha value is -3.28. The van der Waals surface area contributed by atoms with Crippen molar-refractivity contribution < 1.29 is 18.7 Å². The Morgan fingerprint density at radius 2 is 2.07 bits per heavy atom. The first-order valence-corrected chi connectivity index (χ1v) is 8.77. The minimum absolute atomic E-state index is 0.00725. The fraction of sp³-hybridized carbons (Fsp3) is 0.238. The Kier molecular flexibility index (Phi) is 4.11. The normalized spacial score (nSPS) is 14.0. The van der Waals surface area contributed by atoms with Gasteiger partial charge in [-0.15, -0.1) is 0 Å². The van der Waals surface area contributed by atoms with Crippen molar-refractivity contribution in [1.82, 2.24) is 5.32 Å². The third-order valence-electron chi connectivity index (χ3n) is 4.95. The van der Waals surface area contributed by atoms with Gasteiger partial charge >= 0.3 is 0 Å². The van der Waals surface area contributed by atoms with Crippen molar-refractivity contribution in [2.24, 2.45) is 0 Å². The average molecular weight is 364 g/mol. The Bertz CT molecular complexity index is 1070. The van der Waals surface area contributed by atoms with Gasteiger partial charge in [-0.25, -0.2) is 0 Å². The summed E-state index contributed by atoms with van der Waals surface area (Å²) >= 11 is 0. The number of hydrogen-bond acceptors (Lipinski definition) is 4. The smallest absolute Gasteiger partial charge is 0.287 e. The van der Waals surface area contributed by atoms with Gasteiger partial charge in [-0.1, -0.05) is 12.1 Å². The second-order valence-corrected chi connectivity index (χ2v) is 6.75. The van der Waals surface area contributed by atoms with Crippen LogP contribution >= 0.6 is 0 Å². The predicted molar refractivity (Wildman–Crippen MR) is 102 cm³/mol. The summed E-state index contributed by atoms with van der Waals surface area (Å²) < 4.78 is 11.0. The molecule has 1 aliphatic heterocycles. The van der Waals surface area contributed by atoms with Gasteiger partial charge < -0.3 is 19.8 Å². The minimum atomic E-state index is -0.273. The Morgan fingerprint density at radius 3 is 2.85 bits per heavy atom. The molecule has 6 heteroatoms. The monoisotopic (exact) mass is 364 g/mol.